The molecule has 5 heteroatoms. The lowest BCUT2D eigenvalue weighted by Gasteiger charge is -2.16. The average Bonchev–Trinajstić information content (AvgIpc) is 2.82. The van der Waals surface area contributed by atoms with Crippen molar-refractivity contribution in [3.05, 3.63) is 42.6 Å². The normalized spacial score (nSPS) is 9.81. The van der Waals surface area contributed by atoms with Crippen molar-refractivity contribution in [3.63, 3.8) is 0 Å². The smallest absolute Gasteiger partial charge is 0.298 e. The van der Waals surface area contributed by atoms with Crippen molar-refractivity contribution in [1.29, 1.82) is 0 Å². The number of para-hydroxylation sites is 1. The van der Waals surface area contributed by atoms with Gasteiger partial charge in [-0.2, -0.15) is 4.37 Å². The van der Waals surface area contributed by atoms with Crippen LogP contribution in [0.3, 0.4) is 0 Å². The van der Waals surface area contributed by atoms with Crippen molar-refractivity contribution in [1.82, 2.24) is 4.37 Å². The van der Waals surface area contributed by atoms with Gasteiger partial charge in [0.05, 0.1) is 0 Å². The van der Waals surface area contributed by atoms with Crippen molar-refractivity contribution >= 4 is 28.3 Å². The fraction of sp³-hybridized carbons (Fsp3) is 0.0909. The van der Waals surface area contributed by atoms with Crippen LogP contribution >= 0.6 is 11.5 Å². The van der Waals surface area contributed by atoms with E-state index in [-0.39, 0.29) is 6.03 Å². The van der Waals surface area contributed by atoms with Crippen molar-refractivity contribution in [2.24, 2.45) is 0 Å². The Labute approximate surface area is 97.7 Å². The second-order valence-corrected chi connectivity index (χ2v) is 4.03. The molecule has 1 aromatic heterocycles. The zero-order valence-corrected chi connectivity index (χ0v) is 9.57. The van der Waals surface area contributed by atoms with Crippen LogP contribution in [0.2, 0.25) is 0 Å². The molecule has 0 bridgehead atoms. The lowest BCUT2D eigenvalue weighted by Crippen LogP contribution is -2.30. The first kappa shape index (κ1) is 10.6. The van der Waals surface area contributed by atoms with E-state index in [1.54, 1.807) is 24.2 Å². The van der Waals surface area contributed by atoms with Gasteiger partial charge >= 0.3 is 6.03 Å². The van der Waals surface area contributed by atoms with Gasteiger partial charge in [0.2, 0.25) is 0 Å². The van der Waals surface area contributed by atoms with E-state index in [4.69, 9.17) is 0 Å². The number of hydrogen-bond acceptors (Lipinski definition) is 3. The third-order valence-electron chi connectivity index (χ3n) is 2.12. The Bertz CT molecular complexity index is 455. The summed E-state index contributed by atoms with van der Waals surface area (Å²) in [5.41, 5.74) is 0.851. The number of aromatic nitrogens is 1. The highest BCUT2D eigenvalue weighted by Crippen LogP contribution is 2.15. The van der Waals surface area contributed by atoms with Gasteiger partial charge in [0.1, 0.15) is 5.00 Å². The van der Waals surface area contributed by atoms with Gasteiger partial charge < -0.3 is 0 Å². The maximum Gasteiger partial charge on any atom is 0.326 e. The van der Waals surface area contributed by atoms with Gasteiger partial charge in [-0.3, -0.25) is 10.2 Å². The van der Waals surface area contributed by atoms with Crippen LogP contribution in [0.1, 0.15) is 0 Å². The lowest BCUT2D eigenvalue weighted by molar-refractivity contribution is 0.258. The molecule has 4 nitrogen and oxygen atoms in total. The molecule has 2 aromatic rings. The quantitative estimate of drug-likeness (QED) is 0.866. The van der Waals surface area contributed by atoms with E-state index in [0.717, 1.165) is 10.7 Å². The lowest BCUT2D eigenvalue weighted by atomic mass is 10.3. The maximum absolute atomic E-state index is 11.8. The van der Waals surface area contributed by atoms with Crippen molar-refractivity contribution in [2.75, 3.05) is 17.3 Å². The molecule has 0 fully saturated rings. The van der Waals surface area contributed by atoms with E-state index >= 15 is 0 Å². The van der Waals surface area contributed by atoms with Crippen LogP contribution in [-0.2, 0) is 0 Å². The Morgan fingerprint density at radius 3 is 2.69 bits per heavy atom. The first-order valence-corrected chi connectivity index (χ1v) is 5.55. The summed E-state index contributed by atoms with van der Waals surface area (Å²) >= 11 is 1.26. The van der Waals surface area contributed by atoms with Gasteiger partial charge in [-0.15, -0.1) is 0 Å². The van der Waals surface area contributed by atoms with E-state index in [1.807, 2.05) is 30.3 Å². The molecule has 0 aliphatic heterocycles. The molecule has 82 valence electrons. The van der Waals surface area contributed by atoms with Crippen LogP contribution in [0.5, 0.6) is 0 Å². The highest BCUT2D eigenvalue weighted by atomic mass is 32.1. The summed E-state index contributed by atoms with van der Waals surface area (Å²) in [7, 11) is 1.73. The number of carbonyl (C=O) groups excluding carboxylic acids is 1. The monoisotopic (exact) mass is 233 g/mol. The average molecular weight is 233 g/mol. The molecule has 2 amide bonds. The largest absolute Gasteiger partial charge is 0.326 e. The number of nitrogens with one attached hydrogen (secondary N) is 1. The Hall–Kier alpha value is -1.88. The second-order valence-electron chi connectivity index (χ2n) is 3.20. The summed E-state index contributed by atoms with van der Waals surface area (Å²) in [5, 5.41) is 3.51. The fourth-order valence-corrected chi connectivity index (χ4v) is 1.73. The molecule has 1 N–H and O–H groups in total. The minimum atomic E-state index is -0.171. The molecule has 0 aliphatic carbocycles. The molecule has 0 atom stereocenters. The molecule has 0 saturated heterocycles. The summed E-state index contributed by atoms with van der Waals surface area (Å²) in [6, 6.07) is 11.1. The number of urea groups is 1. The fourth-order valence-electron chi connectivity index (χ4n) is 1.24. The Morgan fingerprint density at radius 1 is 1.31 bits per heavy atom. The standard InChI is InChI=1S/C11H11N3OS/c1-14(9-5-3-2-4-6-9)11(15)13-10-7-8-12-16-10/h2-8H,1H3,(H,13,15). The second kappa shape index (κ2) is 4.76. The number of carbonyl (C=O) groups is 1. The summed E-state index contributed by atoms with van der Waals surface area (Å²) in [5.74, 6) is 0. The van der Waals surface area contributed by atoms with Crippen LogP contribution in [0.25, 0.3) is 0 Å². The predicted octanol–water partition coefficient (Wildman–Crippen LogP) is 2.81. The van der Waals surface area contributed by atoms with Gasteiger partial charge in [-0.05, 0) is 29.7 Å². The van der Waals surface area contributed by atoms with Gasteiger partial charge in [0, 0.05) is 18.9 Å². The molecule has 0 spiro atoms. The molecule has 0 radical (unpaired) electrons. The number of nitrogens with zero attached hydrogens (tertiary/aromatic N) is 2. The molecular formula is C11H11N3OS. The molecule has 1 aromatic carbocycles. The van der Waals surface area contributed by atoms with E-state index in [9.17, 15) is 4.79 Å². The summed E-state index contributed by atoms with van der Waals surface area (Å²) in [6.07, 6.45) is 1.66. The number of hydrogen-bond donors (Lipinski definition) is 1. The number of benzene rings is 1. The molecule has 1 heterocycles. The Balaban J connectivity index is 2.05. The van der Waals surface area contributed by atoms with Crippen molar-refractivity contribution in [2.45, 2.75) is 0 Å². The van der Waals surface area contributed by atoms with Crippen LogP contribution < -0.4 is 10.2 Å². The molecular weight excluding hydrogens is 222 g/mol. The molecule has 2 rings (SSSR count). The highest BCUT2D eigenvalue weighted by Gasteiger charge is 2.10. The number of rotatable bonds is 2. The number of amides is 2. The van der Waals surface area contributed by atoms with Crippen molar-refractivity contribution in [3.8, 4) is 0 Å². The SMILES string of the molecule is CN(C(=O)Nc1ccns1)c1ccccc1. The number of anilines is 2. The van der Waals surface area contributed by atoms with Crippen molar-refractivity contribution < 1.29 is 4.79 Å². The molecule has 0 aliphatic rings. The zero-order chi connectivity index (χ0) is 11.4. The third kappa shape index (κ3) is 2.38. The van der Waals surface area contributed by atoms with Gasteiger partial charge in [-0.25, -0.2) is 4.79 Å². The van der Waals surface area contributed by atoms with E-state index in [2.05, 4.69) is 9.69 Å². The van der Waals surface area contributed by atoms with E-state index in [1.165, 1.54) is 11.5 Å². The minimum Gasteiger partial charge on any atom is -0.298 e. The molecule has 0 saturated carbocycles. The molecule has 16 heavy (non-hydrogen) atoms. The summed E-state index contributed by atoms with van der Waals surface area (Å²) in [4.78, 5) is 13.4. The Morgan fingerprint density at radius 2 is 2.06 bits per heavy atom. The predicted molar refractivity (Wildman–Crippen MR) is 66.0 cm³/mol. The third-order valence-corrected chi connectivity index (χ3v) is 2.78. The van der Waals surface area contributed by atoms with Crippen LogP contribution in [-0.4, -0.2) is 17.5 Å². The zero-order valence-electron chi connectivity index (χ0n) is 8.75. The van der Waals surface area contributed by atoms with Crippen LogP contribution in [0, 0.1) is 0 Å². The minimum absolute atomic E-state index is 0.171. The first-order chi connectivity index (χ1) is 7.77. The topological polar surface area (TPSA) is 45.2 Å². The Kier molecular flexibility index (Phi) is 3.16. The van der Waals surface area contributed by atoms with E-state index in [0.29, 0.717) is 0 Å². The molecule has 0 unspecified atom stereocenters. The first-order valence-electron chi connectivity index (χ1n) is 4.78. The summed E-state index contributed by atoms with van der Waals surface area (Å²) in [6.45, 7) is 0. The van der Waals surface area contributed by atoms with Gasteiger partial charge in [-0.1, -0.05) is 18.2 Å². The maximum atomic E-state index is 11.8. The van der Waals surface area contributed by atoms with Gasteiger partial charge in [0.25, 0.3) is 0 Å². The van der Waals surface area contributed by atoms with Gasteiger partial charge in [0.15, 0.2) is 0 Å². The van der Waals surface area contributed by atoms with E-state index < -0.39 is 0 Å². The van der Waals surface area contributed by atoms with Crippen LogP contribution in [0.15, 0.2) is 42.6 Å². The van der Waals surface area contributed by atoms with Crippen LogP contribution in [0.4, 0.5) is 15.5 Å². The highest BCUT2D eigenvalue weighted by molar-refractivity contribution is 7.10. The summed E-state index contributed by atoms with van der Waals surface area (Å²) < 4.78 is 3.92.